The number of nitrogens with one attached hydrogen (secondary N) is 2. The lowest BCUT2D eigenvalue weighted by Crippen LogP contribution is -2.41. The van der Waals surface area contributed by atoms with Crippen LogP contribution in [0, 0.1) is 0 Å². The number of carbonyl (C=O) groups excluding carboxylic acids is 2. The molecule has 0 unspecified atom stereocenters. The molecule has 142 valence electrons. The van der Waals surface area contributed by atoms with Gasteiger partial charge in [-0.05, 0) is 24.3 Å². The van der Waals surface area contributed by atoms with Crippen LogP contribution in [0.25, 0.3) is 0 Å². The molecule has 2 N–H and O–H groups in total. The van der Waals surface area contributed by atoms with E-state index < -0.39 is 18.1 Å². The van der Waals surface area contributed by atoms with Gasteiger partial charge in [0.2, 0.25) is 0 Å². The molecule has 2 aliphatic rings. The first-order valence-electron chi connectivity index (χ1n) is 8.35. The molecule has 0 saturated carbocycles. The summed E-state index contributed by atoms with van der Waals surface area (Å²) in [4.78, 5) is 25.6. The van der Waals surface area contributed by atoms with E-state index in [1.807, 2.05) is 0 Å². The Morgan fingerprint density at radius 2 is 2.04 bits per heavy atom. The number of methoxy groups -OCH3 is 2. The number of ether oxygens (including phenoxy) is 4. The fraction of sp³-hybridized carbons (Fsp3) is 0.529. The molecule has 2 fully saturated rings. The van der Waals surface area contributed by atoms with Crippen molar-refractivity contribution in [1.82, 2.24) is 5.32 Å². The van der Waals surface area contributed by atoms with Crippen molar-refractivity contribution in [2.75, 3.05) is 50.7 Å². The van der Waals surface area contributed by atoms with Crippen LogP contribution < -0.4 is 15.5 Å². The molecule has 26 heavy (non-hydrogen) atoms. The summed E-state index contributed by atoms with van der Waals surface area (Å²) in [5, 5.41) is 5.70. The quantitative estimate of drug-likeness (QED) is 0.748. The van der Waals surface area contributed by atoms with Crippen molar-refractivity contribution in [2.45, 2.75) is 18.4 Å². The van der Waals surface area contributed by atoms with Crippen LogP contribution in [0.1, 0.15) is 6.42 Å². The maximum absolute atomic E-state index is 12.1. The van der Waals surface area contributed by atoms with Gasteiger partial charge in [0.1, 0.15) is 6.61 Å². The first-order chi connectivity index (χ1) is 12.5. The van der Waals surface area contributed by atoms with Crippen molar-refractivity contribution in [3.8, 4) is 0 Å². The number of anilines is 2. The number of benzene rings is 1. The Morgan fingerprint density at radius 1 is 1.31 bits per heavy atom. The normalized spacial score (nSPS) is 22.3. The highest BCUT2D eigenvalue weighted by molar-refractivity contribution is 5.95. The summed E-state index contributed by atoms with van der Waals surface area (Å²) in [5.74, 6) is -0.861. The van der Waals surface area contributed by atoms with Gasteiger partial charge in [0.05, 0.1) is 19.6 Å². The zero-order valence-electron chi connectivity index (χ0n) is 14.8. The summed E-state index contributed by atoms with van der Waals surface area (Å²) < 4.78 is 21.1. The van der Waals surface area contributed by atoms with Gasteiger partial charge in [0.25, 0.3) is 5.91 Å². The molecule has 2 amide bonds. The Labute approximate surface area is 151 Å². The van der Waals surface area contributed by atoms with Crippen molar-refractivity contribution in [3.63, 3.8) is 0 Å². The Kier molecular flexibility index (Phi) is 5.72. The fourth-order valence-corrected chi connectivity index (χ4v) is 2.97. The van der Waals surface area contributed by atoms with E-state index in [-0.39, 0.29) is 12.5 Å². The van der Waals surface area contributed by atoms with E-state index in [4.69, 9.17) is 18.9 Å². The van der Waals surface area contributed by atoms with Crippen molar-refractivity contribution < 1.29 is 28.5 Å². The number of morpholine rings is 1. The van der Waals surface area contributed by atoms with E-state index in [9.17, 15) is 9.59 Å². The zero-order chi connectivity index (χ0) is 18.6. The average Bonchev–Trinajstić information content (AvgIpc) is 3.06. The largest absolute Gasteiger partial charge is 0.430 e. The molecular formula is C17H23N3O6. The van der Waals surface area contributed by atoms with Gasteiger partial charge in [-0.3, -0.25) is 15.4 Å². The lowest BCUT2D eigenvalue weighted by atomic mass is 10.2. The Balaban J connectivity index is 1.53. The smallest absolute Gasteiger partial charge is 0.413 e. The number of hydrogen-bond acceptors (Lipinski definition) is 7. The number of hydrogen-bond donors (Lipinski definition) is 2. The number of amides is 2. The number of carbonyl (C=O) groups is 2. The molecule has 0 aromatic heterocycles. The molecule has 0 spiro atoms. The molecule has 2 heterocycles. The van der Waals surface area contributed by atoms with E-state index in [0.29, 0.717) is 31.8 Å². The van der Waals surface area contributed by atoms with Gasteiger partial charge in [0, 0.05) is 32.1 Å². The highest BCUT2D eigenvalue weighted by Gasteiger charge is 2.41. The van der Waals surface area contributed by atoms with Crippen LogP contribution in [0.2, 0.25) is 0 Å². The van der Waals surface area contributed by atoms with Crippen molar-refractivity contribution in [2.24, 2.45) is 0 Å². The van der Waals surface area contributed by atoms with Crippen LogP contribution in [0.4, 0.5) is 16.2 Å². The second kappa shape index (κ2) is 8.00. The zero-order valence-corrected chi connectivity index (χ0v) is 14.8. The molecule has 3 rings (SSSR count). The van der Waals surface area contributed by atoms with E-state index in [1.54, 1.807) is 43.4 Å². The predicted octanol–water partition coefficient (Wildman–Crippen LogP) is 0.907. The molecule has 0 radical (unpaired) electrons. The maximum atomic E-state index is 12.1. The minimum absolute atomic E-state index is 0.0801. The summed E-state index contributed by atoms with van der Waals surface area (Å²) in [5.41, 5.74) is 1.34. The molecule has 1 aromatic carbocycles. The summed E-state index contributed by atoms with van der Waals surface area (Å²) in [7, 11) is 3.10. The minimum Gasteiger partial charge on any atom is -0.430 e. The van der Waals surface area contributed by atoms with Crippen LogP contribution in [0.5, 0.6) is 0 Å². The van der Waals surface area contributed by atoms with E-state index in [1.165, 1.54) is 0 Å². The van der Waals surface area contributed by atoms with Gasteiger partial charge >= 0.3 is 6.09 Å². The number of nitrogens with zero attached hydrogens (tertiary/aromatic N) is 1. The van der Waals surface area contributed by atoms with Gasteiger partial charge < -0.3 is 23.8 Å². The summed E-state index contributed by atoms with van der Waals surface area (Å²) in [6, 6.07) is 6.98. The fourth-order valence-electron chi connectivity index (χ4n) is 2.97. The molecule has 2 saturated heterocycles. The van der Waals surface area contributed by atoms with Crippen molar-refractivity contribution in [1.29, 1.82) is 0 Å². The van der Waals surface area contributed by atoms with Crippen LogP contribution >= 0.6 is 0 Å². The summed E-state index contributed by atoms with van der Waals surface area (Å²) in [6.45, 7) is 1.55. The summed E-state index contributed by atoms with van der Waals surface area (Å²) in [6.07, 6.45) is -0.688. The van der Waals surface area contributed by atoms with Crippen LogP contribution in [0.3, 0.4) is 0 Å². The average molecular weight is 365 g/mol. The highest BCUT2D eigenvalue weighted by Crippen LogP contribution is 2.25. The van der Waals surface area contributed by atoms with Crippen LogP contribution in [0.15, 0.2) is 24.3 Å². The van der Waals surface area contributed by atoms with Crippen LogP contribution in [-0.4, -0.2) is 64.5 Å². The monoisotopic (exact) mass is 365 g/mol. The Bertz CT molecular complexity index is 646. The van der Waals surface area contributed by atoms with Crippen molar-refractivity contribution in [3.05, 3.63) is 24.3 Å². The lowest BCUT2D eigenvalue weighted by molar-refractivity contribution is -0.195. The highest BCUT2D eigenvalue weighted by atomic mass is 16.7. The molecule has 2 aliphatic heterocycles. The molecule has 1 atom stereocenters. The SMILES string of the molecule is COC1(OC)CN[C@H](OC(=O)Nc2ccc(N3CCOCC3=O)cc2)C1. The standard InChI is InChI=1S/C17H23N3O6/c1-23-17(24-2)9-14(18-11-17)26-16(22)19-12-3-5-13(6-4-12)20-7-8-25-10-15(20)21/h3-6,14,18H,7-11H2,1-2H3,(H,19,22)/t14-/m1/s1. The molecular weight excluding hydrogens is 342 g/mol. The molecule has 0 bridgehead atoms. The van der Waals surface area contributed by atoms with Gasteiger partial charge in [-0.25, -0.2) is 4.79 Å². The maximum Gasteiger partial charge on any atom is 0.413 e. The summed E-state index contributed by atoms with van der Waals surface area (Å²) >= 11 is 0. The first kappa shape index (κ1) is 18.6. The third-order valence-electron chi connectivity index (χ3n) is 4.50. The van der Waals surface area contributed by atoms with E-state index in [0.717, 1.165) is 5.69 Å². The number of rotatable bonds is 5. The van der Waals surface area contributed by atoms with E-state index >= 15 is 0 Å². The van der Waals surface area contributed by atoms with Gasteiger partial charge in [-0.2, -0.15) is 0 Å². The van der Waals surface area contributed by atoms with Crippen LogP contribution in [-0.2, 0) is 23.7 Å². The van der Waals surface area contributed by atoms with Gasteiger partial charge in [0.15, 0.2) is 12.0 Å². The third kappa shape index (κ3) is 4.13. The van der Waals surface area contributed by atoms with E-state index in [2.05, 4.69) is 10.6 Å². The van der Waals surface area contributed by atoms with Crippen molar-refractivity contribution >= 4 is 23.4 Å². The second-order valence-corrected chi connectivity index (χ2v) is 6.07. The first-order valence-corrected chi connectivity index (χ1v) is 8.35. The molecule has 0 aliphatic carbocycles. The predicted molar refractivity (Wildman–Crippen MR) is 92.9 cm³/mol. The molecule has 1 aromatic rings. The Morgan fingerprint density at radius 3 is 2.65 bits per heavy atom. The van der Waals surface area contributed by atoms with Gasteiger partial charge in [-0.1, -0.05) is 0 Å². The topological polar surface area (TPSA) is 98.4 Å². The lowest BCUT2D eigenvalue weighted by Gasteiger charge is -2.27. The molecule has 9 heteroatoms. The van der Waals surface area contributed by atoms with Gasteiger partial charge in [-0.15, -0.1) is 0 Å². The second-order valence-electron chi connectivity index (χ2n) is 6.07. The minimum atomic E-state index is -0.780. The Hall–Kier alpha value is -2.20. The third-order valence-corrected chi connectivity index (χ3v) is 4.50. The molecule has 9 nitrogen and oxygen atoms in total.